The summed E-state index contributed by atoms with van der Waals surface area (Å²) >= 11 is 0. The molecule has 0 radical (unpaired) electrons. The number of fused-ring (bicyclic) bond motifs is 11. The number of hydrogen-bond acceptors (Lipinski definition) is 2. The van der Waals surface area contributed by atoms with E-state index in [9.17, 15) is 0 Å². The van der Waals surface area contributed by atoms with Crippen molar-refractivity contribution in [2.45, 2.75) is 19.3 Å². The Morgan fingerprint density at radius 3 is 1.63 bits per heavy atom. The Morgan fingerprint density at radius 1 is 0.408 bits per heavy atom. The lowest BCUT2D eigenvalue weighted by Crippen LogP contribution is -2.16. The van der Waals surface area contributed by atoms with E-state index in [0.29, 0.717) is 0 Å². The SMILES string of the molecule is CC1(C)c2cc(-c3nc(-c4ccc(-c5ccccc5)cc4)c4ccccc4n3)c3ccccc3c2-c2c1c1ccccc1c1ccccc21. The molecule has 0 atom stereocenters. The Hall–Kier alpha value is -6.12. The van der Waals surface area contributed by atoms with Gasteiger partial charge < -0.3 is 0 Å². The molecule has 1 aromatic heterocycles. The summed E-state index contributed by atoms with van der Waals surface area (Å²) in [6.07, 6.45) is 0. The van der Waals surface area contributed by atoms with Gasteiger partial charge in [-0.3, -0.25) is 0 Å². The fraction of sp³-hybridized carbons (Fsp3) is 0.0638. The Kier molecular flexibility index (Phi) is 5.95. The Morgan fingerprint density at radius 2 is 0.918 bits per heavy atom. The van der Waals surface area contributed by atoms with Crippen molar-refractivity contribution < 1.29 is 0 Å². The lowest BCUT2D eigenvalue weighted by Gasteiger charge is -2.24. The summed E-state index contributed by atoms with van der Waals surface area (Å²) in [5, 5.41) is 8.71. The van der Waals surface area contributed by atoms with Crippen molar-refractivity contribution in [3.8, 4) is 44.9 Å². The van der Waals surface area contributed by atoms with Crippen molar-refractivity contribution in [1.29, 1.82) is 0 Å². The first-order valence-electron chi connectivity index (χ1n) is 17.0. The Bertz CT molecular complexity index is 2780. The minimum absolute atomic E-state index is 0.236. The van der Waals surface area contributed by atoms with Gasteiger partial charge in [0.05, 0.1) is 11.2 Å². The molecule has 8 aromatic carbocycles. The van der Waals surface area contributed by atoms with E-state index in [2.05, 4.69) is 172 Å². The van der Waals surface area contributed by atoms with Crippen LogP contribution in [0.4, 0.5) is 0 Å². The molecule has 2 nitrogen and oxygen atoms in total. The minimum atomic E-state index is -0.236. The van der Waals surface area contributed by atoms with Crippen LogP contribution >= 0.6 is 0 Å². The molecule has 1 heterocycles. The molecule has 10 rings (SSSR count). The number of nitrogens with zero attached hydrogens (tertiary/aromatic N) is 2. The number of benzene rings is 8. The third kappa shape index (κ3) is 4.07. The van der Waals surface area contributed by atoms with Gasteiger partial charge in [-0.1, -0.05) is 159 Å². The van der Waals surface area contributed by atoms with Crippen molar-refractivity contribution in [1.82, 2.24) is 9.97 Å². The summed E-state index contributed by atoms with van der Waals surface area (Å²) < 4.78 is 0. The highest BCUT2D eigenvalue weighted by molar-refractivity contribution is 6.22. The van der Waals surface area contributed by atoms with E-state index in [4.69, 9.17) is 9.97 Å². The molecule has 9 aromatic rings. The van der Waals surface area contributed by atoms with Gasteiger partial charge in [-0.15, -0.1) is 0 Å². The Balaban J connectivity index is 1.24. The van der Waals surface area contributed by atoms with Gasteiger partial charge in [-0.25, -0.2) is 9.97 Å². The van der Waals surface area contributed by atoms with Gasteiger partial charge in [0, 0.05) is 21.9 Å². The zero-order chi connectivity index (χ0) is 32.7. The van der Waals surface area contributed by atoms with Crippen molar-refractivity contribution >= 4 is 43.2 Å². The molecule has 1 aliphatic rings. The summed E-state index contributed by atoms with van der Waals surface area (Å²) in [7, 11) is 0. The van der Waals surface area contributed by atoms with Crippen LogP contribution < -0.4 is 0 Å². The van der Waals surface area contributed by atoms with E-state index in [0.717, 1.165) is 33.5 Å². The number of aromatic nitrogens is 2. The maximum Gasteiger partial charge on any atom is 0.161 e. The average Bonchev–Trinajstić information content (AvgIpc) is 3.41. The molecule has 230 valence electrons. The maximum absolute atomic E-state index is 5.41. The lowest BCUT2D eigenvalue weighted by molar-refractivity contribution is 0.667. The number of hydrogen-bond donors (Lipinski definition) is 0. The number of rotatable bonds is 3. The van der Waals surface area contributed by atoms with Crippen molar-refractivity contribution in [3.05, 3.63) is 169 Å². The normalized spacial score (nSPS) is 13.3. The smallest absolute Gasteiger partial charge is 0.161 e. The van der Waals surface area contributed by atoms with Crippen LogP contribution in [-0.2, 0) is 5.41 Å². The Labute approximate surface area is 285 Å². The van der Waals surface area contributed by atoms with E-state index >= 15 is 0 Å². The summed E-state index contributed by atoms with van der Waals surface area (Å²) in [6.45, 7) is 4.77. The molecular weight excluding hydrogens is 593 g/mol. The standard InChI is InChI=1S/C47H32N2/c1-47(2)40-28-39(46-48-41-23-13-12-22-38(41)45(49-46)31-26-24-30(25-27-31)29-14-4-3-5-15-29)34-18-7-9-19-35(34)42(40)43-36-20-10-6-16-32(36)33-17-8-11-21-37(33)44(43)47/h3-28H,1-2H3. The van der Waals surface area contributed by atoms with Crippen molar-refractivity contribution in [2.24, 2.45) is 0 Å². The molecule has 49 heavy (non-hydrogen) atoms. The van der Waals surface area contributed by atoms with Crippen LogP contribution in [0, 0.1) is 0 Å². The van der Waals surface area contributed by atoms with Gasteiger partial charge >= 0.3 is 0 Å². The van der Waals surface area contributed by atoms with Crippen LogP contribution in [0.25, 0.3) is 88.1 Å². The largest absolute Gasteiger partial charge is 0.228 e. The summed E-state index contributed by atoms with van der Waals surface area (Å²) in [5.41, 5.74) is 11.6. The first-order valence-corrected chi connectivity index (χ1v) is 17.0. The van der Waals surface area contributed by atoms with Crippen LogP contribution in [0.2, 0.25) is 0 Å². The number of para-hydroxylation sites is 1. The van der Waals surface area contributed by atoms with E-state index < -0.39 is 0 Å². The lowest BCUT2D eigenvalue weighted by atomic mass is 9.78. The van der Waals surface area contributed by atoms with Gasteiger partial charge in [0.25, 0.3) is 0 Å². The molecule has 0 aliphatic heterocycles. The van der Waals surface area contributed by atoms with Crippen LogP contribution in [-0.4, -0.2) is 9.97 Å². The molecule has 2 heteroatoms. The quantitative estimate of drug-likeness (QED) is 0.183. The second kappa shape index (κ2) is 10.4. The van der Waals surface area contributed by atoms with Crippen LogP contribution in [0.3, 0.4) is 0 Å². The third-order valence-electron chi connectivity index (χ3n) is 10.6. The highest BCUT2D eigenvalue weighted by Gasteiger charge is 2.40. The fourth-order valence-electron chi connectivity index (χ4n) is 8.38. The molecule has 0 spiro atoms. The van der Waals surface area contributed by atoms with Crippen molar-refractivity contribution in [2.75, 3.05) is 0 Å². The molecule has 1 aliphatic carbocycles. The van der Waals surface area contributed by atoms with Gasteiger partial charge in [0.1, 0.15) is 0 Å². The predicted octanol–water partition coefficient (Wildman–Crippen LogP) is 12.4. The molecular formula is C47H32N2. The molecule has 0 bridgehead atoms. The zero-order valence-electron chi connectivity index (χ0n) is 27.4. The van der Waals surface area contributed by atoms with Gasteiger partial charge in [-0.05, 0) is 77.8 Å². The minimum Gasteiger partial charge on any atom is -0.228 e. The van der Waals surface area contributed by atoms with E-state index in [-0.39, 0.29) is 5.41 Å². The predicted molar refractivity (Wildman–Crippen MR) is 206 cm³/mol. The van der Waals surface area contributed by atoms with E-state index in [1.807, 2.05) is 0 Å². The second-order valence-electron chi connectivity index (χ2n) is 13.7. The summed E-state index contributed by atoms with van der Waals surface area (Å²) in [4.78, 5) is 10.7. The highest BCUT2D eigenvalue weighted by Crippen LogP contribution is 2.57. The van der Waals surface area contributed by atoms with Crippen LogP contribution in [0.15, 0.2) is 158 Å². The summed E-state index contributed by atoms with van der Waals surface area (Å²) in [6, 6.07) is 56.7. The van der Waals surface area contributed by atoms with E-state index in [1.165, 1.54) is 65.7 Å². The maximum atomic E-state index is 5.41. The summed E-state index contributed by atoms with van der Waals surface area (Å²) in [5.74, 6) is 0.751. The second-order valence-corrected chi connectivity index (χ2v) is 13.7. The highest BCUT2D eigenvalue weighted by atomic mass is 14.9. The van der Waals surface area contributed by atoms with Gasteiger partial charge in [0.2, 0.25) is 0 Å². The van der Waals surface area contributed by atoms with Gasteiger partial charge in [0.15, 0.2) is 5.82 Å². The zero-order valence-corrected chi connectivity index (χ0v) is 27.4. The molecule has 0 unspecified atom stereocenters. The van der Waals surface area contributed by atoms with Gasteiger partial charge in [-0.2, -0.15) is 0 Å². The van der Waals surface area contributed by atoms with Crippen LogP contribution in [0.1, 0.15) is 25.0 Å². The first kappa shape index (κ1) is 27.9. The third-order valence-corrected chi connectivity index (χ3v) is 10.6. The molecule has 0 saturated heterocycles. The average molecular weight is 625 g/mol. The topological polar surface area (TPSA) is 25.8 Å². The molecule has 0 amide bonds. The van der Waals surface area contributed by atoms with E-state index in [1.54, 1.807) is 0 Å². The fourth-order valence-corrected chi connectivity index (χ4v) is 8.38. The molecule has 0 N–H and O–H groups in total. The monoisotopic (exact) mass is 624 g/mol. The molecule has 0 saturated carbocycles. The first-order chi connectivity index (χ1) is 24.1. The van der Waals surface area contributed by atoms with Crippen LogP contribution in [0.5, 0.6) is 0 Å². The molecule has 0 fully saturated rings. The van der Waals surface area contributed by atoms with Crippen molar-refractivity contribution in [3.63, 3.8) is 0 Å².